The van der Waals surface area contributed by atoms with E-state index in [0.29, 0.717) is 24.7 Å². The van der Waals surface area contributed by atoms with Crippen molar-refractivity contribution in [2.75, 3.05) is 0 Å². The first-order valence-electron chi connectivity index (χ1n) is 7.40. The van der Waals surface area contributed by atoms with E-state index in [1.165, 1.54) is 0 Å². The second-order valence-electron chi connectivity index (χ2n) is 6.94. The summed E-state index contributed by atoms with van der Waals surface area (Å²) >= 11 is 0. The van der Waals surface area contributed by atoms with Crippen LogP contribution < -0.4 is 0 Å². The maximum atomic E-state index is 13.4. The molecule has 0 spiro atoms. The van der Waals surface area contributed by atoms with E-state index in [1.807, 2.05) is 0 Å². The Morgan fingerprint density at radius 1 is 1.06 bits per heavy atom. The molecule has 0 aliphatic heterocycles. The molecule has 1 N–H and O–H groups in total. The van der Waals surface area contributed by atoms with Gasteiger partial charge in [0.15, 0.2) is 0 Å². The van der Waals surface area contributed by atoms with Crippen molar-refractivity contribution < 1.29 is 13.9 Å². The van der Waals surface area contributed by atoms with Crippen LogP contribution in [0.3, 0.4) is 0 Å². The summed E-state index contributed by atoms with van der Waals surface area (Å²) in [5.41, 5.74) is -0.677. The minimum Gasteiger partial charge on any atom is -0.390 e. The summed E-state index contributed by atoms with van der Waals surface area (Å²) in [6.45, 7) is 4.39. The minimum absolute atomic E-state index is 0.0133. The predicted molar refractivity (Wildman–Crippen MR) is 68.7 cm³/mol. The van der Waals surface area contributed by atoms with Crippen molar-refractivity contribution >= 4 is 0 Å². The van der Waals surface area contributed by atoms with E-state index < -0.39 is 11.5 Å². The Balaban J connectivity index is 1.92. The molecule has 0 bridgehead atoms. The first kappa shape index (κ1) is 14.2. The molecule has 2 aliphatic carbocycles. The fourth-order valence-corrected chi connectivity index (χ4v) is 3.86. The van der Waals surface area contributed by atoms with E-state index in [4.69, 9.17) is 0 Å². The zero-order valence-electron chi connectivity index (χ0n) is 11.6. The van der Waals surface area contributed by atoms with Gasteiger partial charge in [-0.25, -0.2) is 8.78 Å². The summed E-state index contributed by atoms with van der Waals surface area (Å²) in [7, 11) is 0. The third-order valence-electron chi connectivity index (χ3n) is 5.15. The zero-order chi connectivity index (χ0) is 13.4. The van der Waals surface area contributed by atoms with Crippen molar-refractivity contribution in [1.29, 1.82) is 0 Å². The molecule has 1 nitrogen and oxygen atoms in total. The van der Waals surface area contributed by atoms with Crippen LogP contribution in [-0.4, -0.2) is 16.6 Å². The molecule has 0 amide bonds. The van der Waals surface area contributed by atoms with E-state index in [1.54, 1.807) is 0 Å². The SMILES string of the molecule is CC1CCC(O)(CC2CCCC(F)(F)C2)CC1C. The maximum absolute atomic E-state index is 13.4. The van der Waals surface area contributed by atoms with Gasteiger partial charge in [0.25, 0.3) is 0 Å². The second kappa shape index (κ2) is 5.07. The average Bonchev–Trinajstić information content (AvgIpc) is 2.22. The van der Waals surface area contributed by atoms with Crippen molar-refractivity contribution in [2.45, 2.75) is 76.7 Å². The van der Waals surface area contributed by atoms with Crippen molar-refractivity contribution in [2.24, 2.45) is 17.8 Å². The number of hydrogen-bond acceptors (Lipinski definition) is 1. The summed E-state index contributed by atoms with van der Waals surface area (Å²) in [5, 5.41) is 10.6. The number of alkyl halides is 2. The molecule has 2 rings (SSSR count). The number of aliphatic hydroxyl groups is 1. The lowest BCUT2D eigenvalue weighted by Crippen LogP contribution is -2.41. The lowest BCUT2D eigenvalue weighted by molar-refractivity contribution is -0.0869. The van der Waals surface area contributed by atoms with Gasteiger partial charge in [-0.15, -0.1) is 0 Å². The third-order valence-corrected chi connectivity index (χ3v) is 5.15. The quantitative estimate of drug-likeness (QED) is 0.780. The Hall–Kier alpha value is -0.180. The van der Waals surface area contributed by atoms with Crippen LogP contribution in [0.15, 0.2) is 0 Å². The lowest BCUT2D eigenvalue weighted by Gasteiger charge is -2.42. The molecule has 0 aromatic rings. The van der Waals surface area contributed by atoms with Gasteiger partial charge in [0.05, 0.1) is 5.60 Å². The molecule has 0 aromatic carbocycles. The Morgan fingerprint density at radius 3 is 2.39 bits per heavy atom. The van der Waals surface area contributed by atoms with E-state index in [-0.39, 0.29) is 18.8 Å². The van der Waals surface area contributed by atoms with E-state index in [0.717, 1.165) is 25.7 Å². The summed E-state index contributed by atoms with van der Waals surface area (Å²) < 4.78 is 26.8. The molecule has 18 heavy (non-hydrogen) atoms. The molecule has 0 saturated heterocycles. The molecule has 2 saturated carbocycles. The molecule has 2 aliphatic rings. The number of halogens is 2. The average molecular weight is 260 g/mol. The van der Waals surface area contributed by atoms with Crippen LogP contribution in [0.2, 0.25) is 0 Å². The monoisotopic (exact) mass is 260 g/mol. The van der Waals surface area contributed by atoms with Crippen LogP contribution in [0.1, 0.15) is 65.2 Å². The first-order chi connectivity index (χ1) is 8.30. The third kappa shape index (κ3) is 3.43. The Kier molecular flexibility index (Phi) is 4.01. The zero-order valence-corrected chi connectivity index (χ0v) is 11.6. The van der Waals surface area contributed by atoms with Crippen LogP contribution in [0, 0.1) is 17.8 Å². The fourth-order valence-electron chi connectivity index (χ4n) is 3.86. The fraction of sp³-hybridized carbons (Fsp3) is 1.00. The van der Waals surface area contributed by atoms with Crippen LogP contribution in [0.5, 0.6) is 0 Å². The van der Waals surface area contributed by atoms with Crippen LogP contribution in [0.4, 0.5) is 8.78 Å². The van der Waals surface area contributed by atoms with Crippen LogP contribution in [0.25, 0.3) is 0 Å². The highest BCUT2D eigenvalue weighted by Crippen LogP contribution is 2.45. The standard InChI is InChI=1S/C15H26F2O/c1-11-5-7-14(18,8-12(11)2)9-13-4-3-6-15(16,17)10-13/h11-13,18H,3-10H2,1-2H3. The van der Waals surface area contributed by atoms with Gasteiger partial charge in [-0.3, -0.25) is 0 Å². The Labute approximate surface area is 109 Å². The Bertz CT molecular complexity index is 292. The van der Waals surface area contributed by atoms with Gasteiger partial charge >= 0.3 is 0 Å². The Morgan fingerprint density at radius 2 is 1.78 bits per heavy atom. The molecular weight excluding hydrogens is 234 g/mol. The van der Waals surface area contributed by atoms with E-state index >= 15 is 0 Å². The normalized spacial score (nSPS) is 44.8. The number of rotatable bonds is 2. The topological polar surface area (TPSA) is 20.2 Å². The smallest absolute Gasteiger partial charge is 0.248 e. The van der Waals surface area contributed by atoms with Crippen LogP contribution >= 0.6 is 0 Å². The molecular formula is C15H26F2O. The van der Waals surface area contributed by atoms with E-state index in [2.05, 4.69) is 13.8 Å². The van der Waals surface area contributed by atoms with Crippen molar-refractivity contribution in [3.8, 4) is 0 Å². The molecule has 0 aromatic heterocycles. The maximum Gasteiger partial charge on any atom is 0.248 e. The number of hydrogen-bond donors (Lipinski definition) is 1. The van der Waals surface area contributed by atoms with Crippen molar-refractivity contribution in [3.63, 3.8) is 0 Å². The van der Waals surface area contributed by atoms with Gasteiger partial charge in [0.1, 0.15) is 0 Å². The second-order valence-corrected chi connectivity index (χ2v) is 6.94. The van der Waals surface area contributed by atoms with Crippen LogP contribution in [-0.2, 0) is 0 Å². The largest absolute Gasteiger partial charge is 0.390 e. The van der Waals surface area contributed by atoms with Gasteiger partial charge in [0.2, 0.25) is 5.92 Å². The van der Waals surface area contributed by atoms with Gasteiger partial charge in [0, 0.05) is 12.8 Å². The first-order valence-corrected chi connectivity index (χ1v) is 7.40. The molecule has 2 fully saturated rings. The summed E-state index contributed by atoms with van der Waals surface area (Å²) in [4.78, 5) is 0. The van der Waals surface area contributed by atoms with E-state index in [9.17, 15) is 13.9 Å². The summed E-state index contributed by atoms with van der Waals surface area (Å²) in [5.74, 6) is -1.32. The van der Waals surface area contributed by atoms with Gasteiger partial charge in [-0.05, 0) is 56.3 Å². The van der Waals surface area contributed by atoms with Gasteiger partial charge in [-0.1, -0.05) is 13.8 Å². The molecule has 0 heterocycles. The van der Waals surface area contributed by atoms with Gasteiger partial charge in [-0.2, -0.15) is 0 Å². The highest BCUT2D eigenvalue weighted by atomic mass is 19.3. The molecule has 3 heteroatoms. The van der Waals surface area contributed by atoms with Crippen molar-refractivity contribution in [1.82, 2.24) is 0 Å². The van der Waals surface area contributed by atoms with Gasteiger partial charge < -0.3 is 5.11 Å². The molecule has 0 radical (unpaired) electrons. The van der Waals surface area contributed by atoms with Crippen molar-refractivity contribution in [3.05, 3.63) is 0 Å². The highest BCUT2D eigenvalue weighted by molar-refractivity contribution is 4.91. The highest BCUT2D eigenvalue weighted by Gasteiger charge is 2.42. The molecule has 4 unspecified atom stereocenters. The molecule has 106 valence electrons. The summed E-state index contributed by atoms with van der Waals surface area (Å²) in [6, 6.07) is 0. The lowest BCUT2D eigenvalue weighted by atomic mass is 9.68. The molecule has 4 atom stereocenters. The minimum atomic E-state index is -2.49. The summed E-state index contributed by atoms with van der Waals surface area (Å²) in [6.07, 6.45) is 4.69. The predicted octanol–water partition coefficient (Wildman–Crippen LogP) is 4.39.